The molecular formula is C41H27NO2. The Kier molecular flexibility index (Phi) is 5.41. The van der Waals surface area contributed by atoms with Crippen molar-refractivity contribution in [1.82, 2.24) is 4.57 Å². The first-order chi connectivity index (χ1) is 21.7. The van der Waals surface area contributed by atoms with Crippen LogP contribution in [0.5, 0.6) is 5.75 Å². The van der Waals surface area contributed by atoms with E-state index < -0.39 is 0 Å². The van der Waals surface area contributed by atoms with E-state index in [0.29, 0.717) is 0 Å². The predicted molar refractivity (Wildman–Crippen MR) is 182 cm³/mol. The molecule has 208 valence electrons. The number of hydrogen-bond acceptors (Lipinski definition) is 2. The topological polar surface area (TPSA) is 38.3 Å². The van der Waals surface area contributed by atoms with Gasteiger partial charge in [-0.15, -0.1) is 0 Å². The van der Waals surface area contributed by atoms with Gasteiger partial charge in [-0.25, -0.2) is 0 Å². The molecule has 0 atom stereocenters. The third-order valence-corrected chi connectivity index (χ3v) is 8.97. The molecule has 1 N–H and O–H groups in total. The van der Waals surface area contributed by atoms with Crippen molar-refractivity contribution in [3.63, 3.8) is 0 Å². The maximum atomic E-state index is 11.1. The van der Waals surface area contributed by atoms with Crippen LogP contribution >= 0.6 is 0 Å². The number of allylic oxidation sites excluding steroid dienone is 4. The zero-order valence-electron chi connectivity index (χ0n) is 23.8. The number of phenols is 1. The zero-order chi connectivity index (χ0) is 29.2. The standard InChI is InChI=1S/C41H27NO2/c43-39-21-19-28(23-35(39)31-15-7-6-14-30(31)26-10-4-5-11-26)27-18-20-37-33(22-27)34-25-41-36(32-16-8-9-17-40(32)44-41)24-38(34)42(37)29-12-2-1-3-13-29/h1-26,43H. The average molecular weight is 566 g/mol. The summed E-state index contributed by atoms with van der Waals surface area (Å²) >= 11 is 0. The van der Waals surface area contributed by atoms with E-state index in [-0.39, 0.29) is 11.7 Å². The summed E-state index contributed by atoms with van der Waals surface area (Å²) in [4.78, 5) is 0. The van der Waals surface area contributed by atoms with E-state index in [4.69, 9.17) is 4.42 Å². The quantitative estimate of drug-likeness (QED) is 0.230. The maximum absolute atomic E-state index is 11.1. The summed E-state index contributed by atoms with van der Waals surface area (Å²) in [5, 5.41) is 15.6. The molecule has 0 radical (unpaired) electrons. The van der Waals surface area contributed by atoms with E-state index in [0.717, 1.165) is 71.7 Å². The molecule has 9 rings (SSSR count). The van der Waals surface area contributed by atoms with E-state index in [1.165, 1.54) is 5.56 Å². The molecule has 0 spiro atoms. The minimum atomic E-state index is 0.199. The molecule has 0 bridgehead atoms. The summed E-state index contributed by atoms with van der Waals surface area (Å²) in [6.45, 7) is 0. The molecule has 2 heterocycles. The number of para-hydroxylation sites is 2. The molecule has 0 unspecified atom stereocenters. The van der Waals surface area contributed by atoms with Crippen molar-refractivity contribution in [2.75, 3.05) is 0 Å². The Hall–Kier alpha value is -5.80. The first-order valence-electron chi connectivity index (χ1n) is 15.0. The fraction of sp³-hybridized carbons (Fsp3) is 0.0244. The number of aromatic nitrogens is 1. The molecule has 0 fully saturated rings. The number of aromatic hydroxyl groups is 1. The van der Waals surface area contributed by atoms with Gasteiger partial charge < -0.3 is 14.1 Å². The summed E-state index contributed by atoms with van der Waals surface area (Å²) in [6.07, 6.45) is 8.54. The van der Waals surface area contributed by atoms with Crippen LogP contribution in [0.3, 0.4) is 0 Å². The second-order valence-corrected chi connectivity index (χ2v) is 11.5. The molecule has 2 aromatic heterocycles. The average Bonchev–Trinajstić information content (AvgIpc) is 3.81. The Labute approximate surface area is 254 Å². The van der Waals surface area contributed by atoms with Gasteiger partial charge in [0.25, 0.3) is 0 Å². The fourth-order valence-corrected chi connectivity index (χ4v) is 6.88. The van der Waals surface area contributed by atoms with Crippen molar-refractivity contribution in [3.8, 4) is 33.7 Å². The van der Waals surface area contributed by atoms with Crippen molar-refractivity contribution >= 4 is 43.7 Å². The molecule has 0 saturated heterocycles. The number of furan rings is 1. The Morgan fingerprint density at radius 1 is 0.523 bits per heavy atom. The van der Waals surface area contributed by atoms with Crippen LogP contribution in [0.1, 0.15) is 11.5 Å². The molecule has 3 heteroatoms. The molecular weight excluding hydrogens is 538 g/mol. The van der Waals surface area contributed by atoms with E-state index in [1.807, 2.05) is 30.3 Å². The van der Waals surface area contributed by atoms with Gasteiger partial charge in [-0.1, -0.05) is 97.1 Å². The molecule has 0 amide bonds. The van der Waals surface area contributed by atoms with Gasteiger partial charge in [0.1, 0.15) is 16.9 Å². The van der Waals surface area contributed by atoms with E-state index in [2.05, 4.69) is 126 Å². The third-order valence-electron chi connectivity index (χ3n) is 8.97. The van der Waals surface area contributed by atoms with E-state index in [9.17, 15) is 5.11 Å². The summed E-state index contributed by atoms with van der Waals surface area (Å²) in [5.41, 5.74) is 10.4. The lowest BCUT2D eigenvalue weighted by molar-refractivity contribution is 0.477. The molecule has 8 aromatic rings. The van der Waals surface area contributed by atoms with Crippen LogP contribution < -0.4 is 0 Å². The van der Waals surface area contributed by atoms with Gasteiger partial charge in [0.05, 0.1) is 11.0 Å². The van der Waals surface area contributed by atoms with Crippen LogP contribution in [0.4, 0.5) is 0 Å². The lowest BCUT2D eigenvalue weighted by atomic mass is 9.89. The van der Waals surface area contributed by atoms with Gasteiger partial charge in [-0.05, 0) is 76.9 Å². The van der Waals surface area contributed by atoms with E-state index in [1.54, 1.807) is 0 Å². The smallest absolute Gasteiger partial charge is 0.136 e. The predicted octanol–water partition coefficient (Wildman–Crippen LogP) is 10.9. The Balaban J connectivity index is 1.27. The summed E-state index contributed by atoms with van der Waals surface area (Å²) in [7, 11) is 0. The summed E-state index contributed by atoms with van der Waals surface area (Å²) < 4.78 is 8.67. The van der Waals surface area contributed by atoms with Gasteiger partial charge in [-0.3, -0.25) is 0 Å². The number of nitrogens with zero attached hydrogens (tertiary/aromatic N) is 1. The molecule has 6 aromatic carbocycles. The van der Waals surface area contributed by atoms with Crippen LogP contribution in [0.15, 0.2) is 156 Å². The van der Waals surface area contributed by atoms with Crippen LogP contribution in [-0.4, -0.2) is 9.67 Å². The van der Waals surface area contributed by atoms with Crippen molar-refractivity contribution < 1.29 is 9.52 Å². The number of rotatable bonds is 4. The SMILES string of the molecule is Oc1ccc(-c2ccc3c(c2)c2cc4oc5ccccc5c4cc2n3-c2ccccc2)cc1-c1ccccc1C1C=CC=C1. The zero-order valence-corrected chi connectivity index (χ0v) is 23.8. The van der Waals surface area contributed by atoms with Crippen molar-refractivity contribution in [2.45, 2.75) is 5.92 Å². The number of hydrogen-bond donors (Lipinski definition) is 1. The van der Waals surface area contributed by atoms with Crippen molar-refractivity contribution in [2.24, 2.45) is 0 Å². The highest BCUT2D eigenvalue weighted by molar-refractivity contribution is 6.17. The van der Waals surface area contributed by atoms with Gasteiger partial charge in [0, 0.05) is 38.7 Å². The minimum absolute atomic E-state index is 0.199. The van der Waals surface area contributed by atoms with Crippen LogP contribution in [0.2, 0.25) is 0 Å². The van der Waals surface area contributed by atoms with Crippen molar-refractivity contribution in [3.05, 3.63) is 157 Å². The van der Waals surface area contributed by atoms with Gasteiger partial charge >= 0.3 is 0 Å². The van der Waals surface area contributed by atoms with Gasteiger partial charge in [-0.2, -0.15) is 0 Å². The van der Waals surface area contributed by atoms with Crippen LogP contribution in [-0.2, 0) is 0 Å². The first kappa shape index (κ1) is 24.8. The lowest BCUT2D eigenvalue weighted by Crippen LogP contribution is -1.94. The normalized spacial score (nSPS) is 13.3. The Morgan fingerprint density at radius 3 is 2.14 bits per heavy atom. The van der Waals surface area contributed by atoms with Gasteiger partial charge in [0.15, 0.2) is 0 Å². The highest BCUT2D eigenvalue weighted by Gasteiger charge is 2.19. The monoisotopic (exact) mass is 565 g/mol. The highest BCUT2D eigenvalue weighted by atomic mass is 16.3. The summed E-state index contributed by atoms with van der Waals surface area (Å²) in [5.74, 6) is 0.478. The van der Waals surface area contributed by atoms with E-state index >= 15 is 0 Å². The number of fused-ring (bicyclic) bond motifs is 6. The largest absolute Gasteiger partial charge is 0.507 e. The third kappa shape index (κ3) is 3.76. The van der Waals surface area contributed by atoms with Crippen LogP contribution in [0, 0.1) is 0 Å². The Morgan fingerprint density at radius 2 is 1.25 bits per heavy atom. The minimum Gasteiger partial charge on any atom is -0.507 e. The summed E-state index contributed by atoms with van der Waals surface area (Å²) in [6, 6.07) is 44.2. The Bertz CT molecular complexity index is 2440. The number of benzene rings is 6. The van der Waals surface area contributed by atoms with Crippen LogP contribution in [0.25, 0.3) is 71.7 Å². The molecule has 44 heavy (non-hydrogen) atoms. The second-order valence-electron chi connectivity index (χ2n) is 11.5. The molecule has 3 nitrogen and oxygen atoms in total. The molecule has 0 saturated carbocycles. The first-order valence-corrected chi connectivity index (χ1v) is 15.0. The molecule has 1 aliphatic carbocycles. The second kappa shape index (κ2) is 9.62. The van der Waals surface area contributed by atoms with Gasteiger partial charge in [0.2, 0.25) is 0 Å². The highest BCUT2D eigenvalue weighted by Crippen LogP contribution is 2.42. The lowest BCUT2D eigenvalue weighted by Gasteiger charge is -2.15. The maximum Gasteiger partial charge on any atom is 0.136 e. The fourth-order valence-electron chi connectivity index (χ4n) is 6.88. The number of phenolic OH excluding ortho intramolecular Hbond substituents is 1. The molecule has 1 aliphatic rings. The van der Waals surface area contributed by atoms with Crippen molar-refractivity contribution in [1.29, 1.82) is 0 Å². The molecule has 0 aliphatic heterocycles.